The fourth-order valence-corrected chi connectivity index (χ4v) is 2.92. The van der Waals surface area contributed by atoms with E-state index in [9.17, 15) is 15.2 Å². The summed E-state index contributed by atoms with van der Waals surface area (Å²) in [5.41, 5.74) is 2.19. The molecule has 0 radical (unpaired) electrons. The van der Waals surface area contributed by atoms with E-state index in [1.165, 1.54) is 0 Å². The van der Waals surface area contributed by atoms with Gasteiger partial charge < -0.3 is 10.0 Å². The molecule has 2 heterocycles. The minimum atomic E-state index is -0.863. The number of carboxylic acids is 1. The molecule has 1 saturated heterocycles. The predicted octanol–water partition coefficient (Wildman–Crippen LogP) is 1.92. The molecule has 2 rings (SSSR count). The maximum atomic E-state index is 11.4. The average Bonchev–Trinajstić information content (AvgIpc) is 2.53. The quantitative estimate of drug-likeness (QED) is 0.910. The molecule has 1 aliphatic heterocycles. The first-order chi connectivity index (χ1) is 10.1. The second kappa shape index (κ2) is 6.53. The van der Waals surface area contributed by atoms with Gasteiger partial charge in [-0.1, -0.05) is 13.8 Å². The minimum absolute atomic E-state index is 0.429. The van der Waals surface area contributed by atoms with Gasteiger partial charge >= 0.3 is 5.97 Å². The number of hydrogen-bond acceptors (Lipinski definition) is 5. The van der Waals surface area contributed by atoms with Gasteiger partial charge in [-0.25, -0.2) is 4.79 Å². The number of aryl methyl sites for hydroxylation is 1. The summed E-state index contributed by atoms with van der Waals surface area (Å²) in [5.74, 6) is -0.434. The van der Waals surface area contributed by atoms with Crippen LogP contribution < -0.4 is 4.90 Å². The molecule has 1 unspecified atom stereocenters. The Labute approximate surface area is 124 Å². The summed E-state index contributed by atoms with van der Waals surface area (Å²) in [6, 6.07) is 1.60. The van der Waals surface area contributed by atoms with Crippen molar-refractivity contribution in [2.24, 2.45) is 0 Å². The first-order valence-corrected chi connectivity index (χ1v) is 7.41. The highest BCUT2D eigenvalue weighted by atomic mass is 16.4. The molecule has 0 aromatic carbocycles. The highest BCUT2D eigenvalue weighted by molar-refractivity contribution is 5.79. The Balaban J connectivity index is 2.52. The summed E-state index contributed by atoms with van der Waals surface area (Å²) in [6.45, 7) is 4.56. The zero-order chi connectivity index (χ0) is 15.4. The SMILES string of the molecule is CCc1nnc(N2CCCCC2C(=O)O)c(C#N)c1CC. The van der Waals surface area contributed by atoms with Crippen molar-refractivity contribution in [2.75, 3.05) is 11.4 Å². The van der Waals surface area contributed by atoms with Crippen LogP contribution in [0.25, 0.3) is 0 Å². The second-order valence-corrected chi connectivity index (χ2v) is 5.19. The molecular formula is C15H20N4O2. The van der Waals surface area contributed by atoms with Gasteiger partial charge in [-0.3, -0.25) is 0 Å². The van der Waals surface area contributed by atoms with Gasteiger partial charge in [0, 0.05) is 6.54 Å². The average molecular weight is 288 g/mol. The lowest BCUT2D eigenvalue weighted by Gasteiger charge is -2.34. The number of rotatable bonds is 4. The maximum Gasteiger partial charge on any atom is 0.326 e. The van der Waals surface area contributed by atoms with Crippen molar-refractivity contribution in [3.63, 3.8) is 0 Å². The first-order valence-electron chi connectivity index (χ1n) is 7.41. The van der Waals surface area contributed by atoms with Crippen molar-refractivity contribution < 1.29 is 9.90 Å². The number of carbonyl (C=O) groups is 1. The molecule has 0 saturated carbocycles. The molecule has 0 aliphatic carbocycles. The Morgan fingerprint density at radius 2 is 2.14 bits per heavy atom. The third kappa shape index (κ3) is 2.82. The summed E-state index contributed by atoms with van der Waals surface area (Å²) >= 11 is 0. The first kappa shape index (κ1) is 15.2. The van der Waals surface area contributed by atoms with Gasteiger partial charge in [0.15, 0.2) is 5.82 Å². The molecule has 6 nitrogen and oxygen atoms in total. The van der Waals surface area contributed by atoms with Crippen molar-refractivity contribution in [2.45, 2.75) is 52.0 Å². The summed E-state index contributed by atoms with van der Waals surface area (Å²) in [5, 5.41) is 27.3. The molecule has 1 aliphatic rings. The van der Waals surface area contributed by atoms with Crippen molar-refractivity contribution in [3.05, 3.63) is 16.8 Å². The van der Waals surface area contributed by atoms with Crippen LogP contribution in [-0.2, 0) is 17.6 Å². The molecule has 1 fully saturated rings. The number of piperidine rings is 1. The van der Waals surface area contributed by atoms with Gasteiger partial charge in [0.1, 0.15) is 17.7 Å². The van der Waals surface area contributed by atoms with Crippen LogP contribution in [0.2, 0.25) is 0 Å². The number of anilines is 1. The molecule has 0 spiro atoms. The third-order valence-electron chi connectivity index (χ3n) is 4.00. The summed E-state index contributed by atoms with van der Waals surface area (Å²) in [4.78, 5) is 13.2. The van der Waals surface area contributed by atoms with Crippen molar-refractivity contribution >= 4 is 11.8 Å². The Bertz CT molecular complexity index is 580. The van der Waals surface area contributed by atoms with Crippen molar-refractivity contribution in [1.82, 2.24) is 10.2 Å². The van der Waals surface area contributed by atoms with Gasteiger partial charge in [-0.05, 0) is 37.7 Å². The molecular weight excluding hydrogens is 268 g/mol. The van der Waals surface area contributed by atoms with Crippen LogP contribution in [0.5, 0.6) is 0 Å². The van der Waals surface area contributed by atoms with Crippen molar-refractivity contribution in [1.29, 1.82) is 5.26 Å². The number of nitrogens with zero attached hydrogens (tertiary/aromatic N) is 4. The Hall–Kier alpha value is -2.16. The molecule has 1 N–H and O–H groups in total. The van der Waals surface area contributed by atoms with Gasteiger partial charge in [0.2, 0.25) is 0 Å². The van der Waals surface area contributed by atoms with E-state index in [2.05, 4.69) is 16.3 Å². The lowest BCUT2D eigenvalue weighted by Crippen LogP contribution is -2.45. The molecule has 0 bridgehead atoms. The Kier molecular flexibility index (Phi) is 4.73. The van der Waals surface area contributed by atoms with Crippen molar-refractivity contribution in [3.8, 4) is 6.07 Å². The largest absolute Gasteiger partial charge is 0.480 e. The van der Waals surface area contributed by atoms with E-state index >= 15 is 0 Å². The standard InChI is InChI=1S/C15H20N4O2/c1-3-10-11(9-16)14(18-17-12(10)4-2)19-8-6-5-7-13(19)15(20)21/h13H,3-8H2,1-2H3,(H,20,21). The second-order valence-electron chi connectivity index (χ2n) is 5.19. The number of carboxylic acid groups (broad SMARTS) is 1. The van der Waals surface area contributed by atoms with Gasteiger partial charge in [-0.2, -0.15) is 10.4 Å². The fraction of sp³-hybridized carbons (Fsp3) is 0.600. The summed E-state index contributed by atoms with van der Waals surface area (Å²) < 4.78 is 0. The lowest BCUT2D eigenvalue weighted by atomic mass is 9.99. The van der Waals surface area contributed by atoms with Gasteiger partial charge in [0.05, 0.1) is 5.69 Å². The van der Waals surface area contributed by atoms with E-state index in [4.69, 9.17) is 0 Å². The molecule has 1 aromatic heterocycles. The molecule has 21 heavy (non-hydrogen) atoms. The normalized spacial score (nSPS) is 18.3. The molecule has 0 amide bonds. The number of nitriles is 1. The number of hydrogen-bond donors (Lipinski definition) is 1. The Morgan fingerprint density at radius 3 is 2.71 bits per heavy atom. The third-order valence-corrected chi connectivity index (χ3v) is 4.00. The fourth-order valence-electron chi connectivity index (χ4n) is 2.92. The van der Waals surface area contributed by atoms with Gasteiger partial charge in [0.25, 0.3) is 0 Å². The van der Waals surface area contributed by atoms with Crippen LogP contribution in [-0.4, -0.2) is 33.9 Å². The predicted molar refractivity (Wildman–Crippen MR) is 78.1 cm³/mol. The smallest absolute Gasteiger partial charge is 0.326 e. The maximum absolute atomic E-state index is 11.4. The topological polar surface area (TPSA) is 90.1 Å². The van der Waals surface area contributed by atoms with Crippen LogP contribution in [0.3, 0.4) is 0 Å². The zero-order valence-electron chi connectivity index (χ0n) is 12.5. The van der Waals surface area contributed by atoms with Gasteiger partial charge in [-0.15, -0.1) is 5.10 Å². The van der Waals surface area contributed by atoms with E-state index < -0.39 is 12.0 Å². The summed E-state index contributed by atoms with van der Waals surface area (Å²) in [6.07, 6.45) is 3.79. The van der Waals surface area contributed by atoms with Crippen LogP contribution in [0.4, 0.5) is 5.82 Å². The van der Waals surface area contributed by atoms with E-state index in [-0.39, 0.29) is 0 Å². The molecule has 1 atom stereocenters. The van der Waals surface area contributed by atoms with E-state index in [1.807, 2.05) is 13.8 Å². The highest BCUT2D eigenvalue weighted by Gasteiger charge is 2.32. The Morgan fingerprint density at radius 1 is 1.38 bits per heavy atom. The highest BCUT2D eigenvalue weighted by Crippen LogP contribution is 2.28. The lowest BCUT2D eigenvalue weighted by molar-refractivity contribution is -0.139. The number of aliphatic carboxylic acids is 1. The van der Waals surface area contributed by atoms with E-state index in [1.54, 1.807) is 4.90 Å². The molecule has 112 valence electrons. The zero-order valence-corrected chi connectivity index (χ0v) is 12.5. The molecule has 1 aromatic rings. The van der Waals surface area contributed by atoms with E-state index in [0.29, 0.717) is 37.2 Å². The summed E-state index contributed by atoms with van der Waals surface area (Å²) in [7, 11) is 0. The van der Waals surface area contributed by atoms with Crippen LogP contribution in [0.1, 0.15) is 49.9 Å². The molecule has 6 heteroatoms. The van der Waals surface area contributed by atoms with Crippen LogP contribution in [0.15, 0.2) is 0 Å². The van der Waals surface area contributed by atoms with E-state index in [0.717, 1.165) is 24.1 Å². The van der Waals surface area contributed by atoms with Crippen LogP contribution in [0, 0.1) is 11.3 Å². The minimum Gasteiger partial charge on any atom is -0.480 e. The van der Waals surface area contributed by atoms with Crippen LogP contribution >= 0.6 is 0 Å². The monoisotopic (exact) mass is 288 g/mol. The number of aromatic nitrogens is 2.